The van der Waals surface area contributed by atoms with Crippen LogP contribution in [0.3, 0.4) is 0 Å². The molecule has 2 rings (SSSR count). The summed E-state index contributed by atoms with van der Waals surface area (Å²) in [6.45, 7) is 4.89. The van der Waals surface area contributed by atoms with Crippen LogP contribution in [0.1, 0.15) is 26.2 Å². The molecule has 1 heterocycles. The van der Waals surface area contributed by atoms with E-state index in [1.54, 1.807) is 6.92 Å². The lowest BCUT2D eigenvalue weighted by Gasteiger charge is -2.21. The second kappa shape index (κ2) is 8.41. The van der Waals surface area contributed by atoms with Gasteiger partial charge in [0.15, 0.2) is 0 Å². The average molecular weight is 304 g/mol. The summed E-state index contributed by atoms with van der Waals surface area (Å²) in [4.78, 5) is 27.3. The molecule has 2 amide bonds. The van der Waals surface area contributed by atoms with Crippen molar-refractivity contribution in [3.8, 4) is 5.75 Å². The van der Waals surface area contributed by atoms with Crippen LogP contribution in [0.25, 0.3) is 0 Å². The Hall–Kier alpha value is -2.04. The normalized spacial score (nSPS) is 15.3. The number of carbonyl (C=O) groups excluding carboxylic acids is 2. The highest BCUT2D eigenvalue weighted by molar-refractivity contribution is 5.76. The number of rotatable bonds is 5. The Balaban J connectivity index is 1.67. The second-order valence-electron chi connectivity index (χ2n) is 5.51. The lowest BCUT2D eigenvalue weighted by Crippen LogP contribution is -2.36. The van der Waals surface area contributed by atoms with E-state index >= 15 is 0 Å². The number of para-hydroxylation sites is 1. The van der Waals surface area contributed by atoms with Crippen molar-refractivity contribution >= 4 is 11.8 Å². The molecule has 1 aliphatic heterocycles. The van der Waals surface area contributed by atoms with E-state index in [1.807, 2.05) is 40.1 Å². The minimum Gasteiger partial charge on any atom is -0.494 e. The molecule has 0 unspecified atom stereocenters. The van der Waals surface area contributed by atoms with Gasteiger partial charge in [0.25, 0.3) is 0 Å². The summed E-state index contributed by atoms with van der Waals surface area (Å²) in [5.41, 5.74) is 0. The molecule has 0 saturated carbocycles. The Bertz CT molecular complexity index is 490. The van der Waals surface area contributed by atoms with Crippen LogP contribution in [0.15, 0.2) is 30.3 Å². The number of hydrogen-bond donors (Lipinski definition) is 0. The van der Waals surface area contributed by atoms with Gasteiger partial charge < -0.3 is 14.5 Å². The summed E-state index contributed by atoms with van der Waals surface area (Å²) in [6, 6.07) is 9.62. The van der Waals surface area contributed by atoms with Gasteiger partial charge in [0.2, 0.25) is 11.8 Å². The highest BCUT2D eigenvalue weighted by Crippen LogP contribution is 2.10. The first-order valence-corrected chi connectivity index (χ1v) is 7.88. The first-order chi connectivity index (χ1) is 10.7. The van der Waals surface area contributed by atoms with Crippen LogP contribution in [0.4, 0.5) is 0 Å². The summed E-state index contributed by atoms with van der Waals surface area (Å²) in [7, 11) is 0. The number of amides is 2. The molecule has 1 aromatic carbocycles. The van der Waals surface area contributed by atoms with E-state index in [4.69, 9.17) is 4.74 Å². The summed E-state index contributed by atoms with van der Waals surface area (Å²) >= 11 is 0. The fraction of sp³-hybridized carbons (Fsp3) is 0.529. The molecule has 22 heavy (non-hydrogen) atoms. The molecule has 0 spiro atoms. The van der Waals surface area contributed by atoms with Gasteiger partial charge in [-0.05, 0) is 25.0 Å². The Labute approximate surface area is 131 Å². The van der Waals surface area contributed by atoms with Crippen molar-refractivity contribution in [1.82, 2.24) is 9.80 Å². The van der Waals surface area contributed by atoms with Crippen LogP contribution < -0.4 is 4.74 Å². The third-order valence-electron chi connectivity index (χ3n) is 3.84. The zero-order chi connectivity index (χ0) is 15.8. The zero-order valence-corrected chi connectivity index (χ0v) is 13.2. The van der Waals surface area contributed by atoms with Crippen LogP contribution in [0.2, 0.25) is 0 Å². The highest BCUT2D eigenvalue weighted by atomic mass is 16.5. The van der Waals surface area contributed by atoms with Crippen LogP contribution >= 0.6 is 0 Å². The molecule has 1 aliphatic rings. The second-order valence-corrected chi connectivity index (χ2v) is 5.51. The van der Waals surface area contributed by atoms with Crippen LogP contribution in [-0.4, -0.2) is 54.4 Å². The van der Waals surface area contributed by atoms with Gasteiger partial charge in [-0.15, -0.1) is 0 Å². The van der Waals surface area contributed by atoms with Crippen LogP contribution in [-0.2, 0) is 9.59 Å². The molecular formula is C17H24N2O3. The molecule has 5 heteroatoms. The van der Waals surface area contributed by atoms with Crippen molar-refractivity contribution in [2.24, 2.45) is 0 Å². The molecule has 120 valence electrons. The van der Waals surface area contributed by atoms with Crippen LogP contribution in [0.5, 0.6) is 5.75 Å². The maximum atomic E-state index is 12.2. The van der Waals surface area contributed by atoms with Crippen molar-refractivity contribution in [1.29, 1.82) is 0 Å². The van der Waals surface area contributed by atoms with E-state index in [0.29, 0.717) is 32.5 Å². The average Bonchev–Trinajstić information content (AvgIpc) is 2.78. The SMILES string of the molecule is CC(=O)N1CCCN(C(=O)CCCOc2ccccc2)CC1. The molecule has 0 aromatic heterocycles. The number of nitrogens with zero attached hydrogens (tertiary/aromatic N) is 2. The summed E-state index contributed by atoms with van der Waals surface area (Å²) in [5.74, 6) is 1.08. The van der Waals surface area contributed by atoms with Crippen molar-refractivity contribution < 1.29 is 14.3 Å². The van der Waals surface area contributed by atoms with E-state index in [0.717, 1.165) is 25.3 Å². The van der Waals surface area contributed by atoms with Gasteiger partial charge in [-0.3, -0.25) is 9.59 Å². The van der Waals surface area contributed by atoms with E-state index in [9.17, 15) is 9.59 Å². The molecule has 0 atom stereocenters. The number of ether oxygens (including phenoxy) is 1. The Morgan fingerprint density at radius 3 is 2.45 bits per heavy atom. The predicted octanol–water partition coefficient (Wildman–Crippen LogP) is 1.93. The molecule has 1 fully saturated rings. The molecule has 1 aromatic rings. The van der Waals surface area contributed by atoms with Gasteiger partial charge in [0.05, 0.1) is 6.61 Å². The zero-order valence-electron chi connectivity index (χ0n) is 13.2. The molecular weight excluding hydrogens is 280 g/mol. The molecule has 0 aliphatic carbocycles. The predicted molar refractivity (Wildman–Crippen MR) is 84.6 cm³/mol. The largest absolute Gasteiger partial charge is 0.494 e. The number of carbonyl (C=O) groups is 2. The minimum atomic E-state index is 0.0885. The Kier molecular flexibility index (Phi) is 6.25. The number of benzene rings is 1. The van der Waals surface area contributed by atoms with E-state index < -0.39 is 0 Å². The fourth-order valence-corrected chi connectivity index (χ4v) is 2.57. The van der Waals surface area contributed by atoms with Crippen LogP contribution in [0, 0.1) is 0 Å². The highest BCUT2D eigenvalue weighted by Gasteiger charge is 2.19. The molecule has 0 N–H and O–H groups in total. The monoisotopic (exact) mass is 304 g/mol. The van der Waals surface area contributed by atoms with Gasteiger partial charge in [0, 0.05) is 39.5 Å². The molecule has 1 saturated heterocycles. The maximum absolute atomic E-state index is 12.2. The van der Waals surface area contributed by atoms with E-state index in [2.05, 4.69) is 0 Å². The summed E-state index contributed by atoms with van der Waals surface area (Å²) in [6.07, 6.45) is 2.05. The Morgan fingerprint density at radius 2 is 1.73 bits per heavy atom. The maximum Gasteiger partial charge on any atom is 0.222 e. The van der Waals surface area contributed by atoms with Gasteiger partial charge in [0.1, 0.15) is 5.75 Å². The van der Waals surface area contributed by atoms with Gasteiger partial charge in [-0.1, -0.05) is 18.2 Å². The van der Waals surface area contributed by atoms with Crippen molar-refractivity contribution in [2.75, 3.05) is 32.8 Å². The standard InChI is InChI=1S/C17H24N2O3/c1-15(20)18-10-6-11-19(13-12-18)17(21)9-5-14-22-16-7-3-2-4-8-16/h2-4,7-8H,5-6,9-14H2,1H3. The van der Waals surface area contributed by atoms with Crippen molar-refractivity contribution in [3.05, 3.63) is 30.3 Å². The third kappa shape index (κ3) is 5.06. The fourth-order valence-electron chi connectivity index (χ4n) is 2.57. The third-order valence-corrected chi connectivity index (χ3v) is 3.84. The lowest BCUT2D eigenvalue weighted by molar-refractivity contribution is -0.132. The molecule has 0 radical (unpaired) electrons. The quantitative estimate of drug-likeness (QED) is 0.781. The van der Waals surface area contributed by atoms with Crippen molar-refractivity contribution in [3.63, 3.8) is 0 Å². The first-order valence-electron chi connectivity index (χ1n) is 7.88. The summed E-state index contributed by atoms with van der Waals surface area (Å²) < 4.78 is 5.59. The first kappa shape index (κ1) is 16.3. The Morgan fingerprint density at radius 1 is 1.05 bits per heavy atom. The molecule has 0 bridgehead atoms. The molecule has 5 nitrogen and oxygen atoms in total. The summed E-state index contributed by atoms with van der Waals surface area (Å²) in [5, 5.41) is 0. The van der Waals surface area contributed by atoms with E-state index in [-0.39, 0.29) is 11.8 Å². The number of hydrogen-bond acceptors (Lipinski definition) is 3. The van der Waals surface area contributed by atoms with E-state index in [1.165, 1.54) is 0 Å². The minimum absolute atomic E-state index is 0.0885. The van der Waals surface area contributed by atoms with Gasteiger partial charge in [-0.2, -0.15) is 0 Å². The van der Waals surface area contributed by atoms with Gasteiger partial charge >= 0.3 is 0 Å². The smallest absolute Gasteiger partial charge is 0.222 e. The van der Waals surface area contributed by atoms with Gasteiger partial charge in [-0.25, -0.2) is 0 Å². The van der Waals surface area contributed by atoms with Crippen molar-refractivity contribution in [2.45, 2.75) is 26.2 Å². The lowest BCUT2D eigenvalue weighted by atomic mass is 10.2. The topological polar surface area (TPSA) is 49.9 Å².